The number of benzene rings is 1. The Kier molecular flexibility index (Phi) is 4.69. The van der Waals surface area contributed by atoms with Crippen molar-refractivity contribution < 1.29 is 4.79 Å². The van der Waals surface area contributed by atoms with Gasteiger partial charge in [-0.05, 0) is 56.2 Å². The van der Waals surface area contributed by atoms with Crippen LogP contribution in [-0.4, -0.2) is 23.9 Å². The molecule has 0 unspecified atom stereocenters. The van der Waals surface area contributed by atoms with Crippen molar-refractivity contribution in [2.24, 2.45) is 5.92 Å². The van der Waals surface area contributed by atoms with Gasteiger partial charge in [-0.1, -0.05) is 19.4 Å². The number of rotatable bonds is 3. The fraction of sp³-hybridized carbons (Fsp3) is 0.588. The molecule has 1 amide bonds. The smallest absolute Gasteiger partial charge is 0.254 e. The van der Waals surface area contributed by atoms with E-state index < -0.39 is 0 Å². The predicted molar refractivity (Wildman–Crippen MR) is 83.7 cm³/mol. The van der Waals surface area contributed by atoms with Crippen LogP contribution in [0.2, 0.25) is 0 Å². The van der Waals surface area contributed by atoms with Crippen LogP contribution < -0.4 is 5.73 Å². The molecule has 0 aliphatic heterocycles. The summed E-state index contributed by atoms with van der Waals surface area (Å²) < 4.78 is 0. The highest BCUT2D eigenvalue weighted by molar-refractivity contribution is 5.96. The molecule has 0 heterocycles. The lowest BCUT2D eigenvalue weighted by molar-refractivity contribution is 0.0674. The zero-order valence-electron chi connectivity index (χ0n) is 12.9. The Labute approximate surface area is 122 Å². The van der Waals surface area contributed by atoms with Crippen molar-refractivity contribution in [2.45, 2.75) is 52.0 Å². The van der Waals surface area contributed by atoms with E-state index >= 15 is 0 Å². The van der Waals surface area contributed by atoms with Gasteiger partial charge in [0, 0.05) is 24.3 Å². The van der Waals surface area contributed by atoms with Gasteiger partial charge in [-0.2, -0.15) is 0 Å². The molecule has 20 heavy (non-hydrogen) atoms. The van der Waals surface area contributed by atoms with E-state index in [0.717, 1.165) is 29.9 Å². The van der Waals surface area contributed by atoms with Crippen molar-refractivity contribution >= 4 is 11.6 Å². The van der Waals surface area contributed by atoms with Gasteiger partial charge in [0.15, 0.2) is 0 Å². The first-order valence-electron chi connectivity index (χ1n) is 7.66. The molecule has 1 aliphatic carbocycles. The maximum atomic E-state index is 12.6. The Hall–Kier alpha value is -1.51. The summed E-state index contributed by atoms with van der Waals surface area (Å²) in [5, 5.41) is 0. The summed E-state index contributed by atoms with van der Waals surface area (Å²) in [4.78, 5) is 14.6. The van der Waals surface area contributed by atoms with E-state index in [9.17, 15) is 4.79 Å². The van der Waals surface area contributed by atoms with Gasteiger partial charge in [0.05, 0.1) is 0 Å². The van der Waals surface area contributed by atoms with Gasteiger partial charge in [-0.3, -0.25) is 4.79 Å². The third-order valence-corrected chi connectivity index (χ3v) is 4.87. The van der Waals surface area contributed by atoms with Crippen molar-refractivity contribution in [1.29, 1.82) is 0 Å². The molecule has 1 aliphatic rings. The lowest BCUT2D eigenvalue weighted by atomic mass is 9.84. The van der Waals surface area contributed by atoms with Crippen molar-refractivity contribution in [3.63, 3.8) is 0 Å². The number of hydrogen-bond acceptors (Lipinski definition) is 2. The van der Waals surface area contributed by atoms with Crippen LogP contribution in [0.1, 0.15) is 54.9 Å². The Bertz CT molecular complexity index is 476. The van der Waals surface area contributed by atoms with Crippen LogP contribution in [0.3, 0.4) is 0 Å². The lowest BCUT2D eigenvalue weighted by Gasteiger charge is -2.34. The Morgan fingerprint density at radius 2 is 1.95 bits per heavy atom. The van der Waals surface area contributed by atoms with E-state index in [1.54, 1.807) is 0 Å². The van der Waals surface area contributed by atoms with E-state index in [4.69, 9.17) is 5.73 Å². The minimum atomic E-state index is 0.106. The largest absolute Gasteiger partial charge is 0.398 e. The van der Waals surface area contributed by atoms with E-state index in [2.05, 4.69) is 6.92 Å². The minimum absolute atomic E-state index is 0.106. The van der Waals surface area contributed by atoms with E-state index in [1.807, 2.05) is 37.1 Å². The summed E-state index contributed by atoms with van der Waals surface area (Å²) in [7, 11) is 1.93. The normalized spacial score (nSPS) is 22.6. The molecule has 110 valence electrons. The summed E-state index contributed by atoms with van der Waals surface area (Å²) in [6, 6.07) is 5.96. The molecule has 1 fully saturated rings. The number of amides is 1. The molecule has 3 nitrogen and oxygen atoms in total. The molecule has 0 aromatic heterocycles. The monoisotopic (exact) mass is 274 g/mol. The molecule has 1 saturated carbocycles. The predicted octanol–water partition coefficient (Wildman–Crippen LogP) is 3.62. The molecular formula is C17H26N2O. The topological polar surface area (TPSA) is 46.3 Å². The van der Waals surface area contributed by atoms with Crippen LogP contribution >= 0.6 is 0 Å². The van der Waals surface area contributed by atoms with Gasteiger partial charge < -0.3 is 10.6 Å². The molecule has 2 rings (SSSR count). The highest BCUT2D eigenvalue weighted by atomic mass is 16.2. The van der Waals surface area contributed by atoms with E-state index in [-0.39, 0.29) is 5.91 Å². The van der Waals surface area contributed by atoms with E-state index in [0.29, 0.717) is 11.7 Å². The van der Waals surface area contributed by atoms with Crippen molar-refractivity contribution in [1.82, 2.24) is 4.90 Å². The number of carbonyl (C=O) groups excluding carboxylic acids is 1. The Morgan fingerprint density at radius 3 is 2.55 bits per heavy atom. The number of carbonyl (C=O) groups is 1. The third kappa shape index (κ3) is 2.97. The van der Waals surface area contributed by atoms with Gasteiger partial charge >= 0.3 is 0 Å². The SMILES string of the molecule is CCC1CCC(N(C)C(=O)c2cccc(N)c2C)CC1. The molecule has 0 bridgehead atoms. The molecule has 0 saturated heterocycles. The summed E-state index contributed by atoms with van der Waals surface area (Å²) in [5.41, 5.74) is 8.23. The van der Waals surface area contributed by atoms with Gasteiger partial charge in [0.25, 0.3) is 5.91 Å². The number of hydrogen-bond donors (Lipinski definition) is 1. The fourth-order valence-corrected chi connectivity index (χ4v) is 3.18. The second kappa shape index (κ2) is 6.29. The summed E-state index contributed by atoms with van der Waals surface area (Å²) in [5.74, 6) is 0.957. The Morgan fingerprint density at radius 1 is 1.30 bits per heavy atom. The number of nitrogens with zero attached hydrogens (tertiary/aromatic N) is 1. The molecule has 0 atom stereocenters. The van der Waals surface area contributed by atoms with Crippen LogP contribution in [-0.2, 0) is 0 Å². The first-order valence-corrected chi connectivity index (χ1v) is 7.66. The van der Waals surface area contributed by atoms with Crippen LogP contribution in [0.5, 0.6) is 0 Å². The van der Waals surface area contributed by atoms with Crippen LogP contribution in [0.4, 0.5) is 5.69 Å². The van der Waals surface area contributed by atoms with Crippen molar-refractivity contribution in [3.05, 3.63) is 29.3 Å². The first kappa shape index (κ1) is 14.9. The highest BCUT2D eigenvalue weighted by Gasteiger charge is 2.27. The van der Waals surface area contributed by atoms with Gasteiger partial charge in [-0.15, -0.1) is 0 Å². The van der Waals surface area contributed by atoms with E-state index in [1.165, 1.54) is 19.3 Å². The van der Waals surface area contributed by atoms with Gasteiger partial charge in [-0.25, -0.2) is 0 Å². The first-order chi connectivity index (χ1) is 9.54. The van der Waals surface area contributed by atoms with Gasteiger partial charge in [0.1, 0.15) is 0 Å². The quantitative estimate of drug-likeness (QED) is 0.856. The molecule has 1 aromatic carbocycles. The maximum absolute atomic E-state index is 12.6. The van der Waals surface area contributed by atoms with Crippen LogP contribution in [0, 0.1) is 12.8 Å². The molecule has 2 N–H and O–H groups in total. The molecule has 0 spiro atoms. The average molecular weight is 274 g/mol. The van der Waals surface area contributed by atoms with Crippen molar-refractivity contribution in [2.75, 3.05) is 12.8 Å². The second-order valence-electron chi connectivity index (χ2n) is 6.02. The minimum Gasteiger partial charge on any atom is -0.398 e. The summed E-state index contributed by atoms with van der Waals surface area (Å²) in [6.07, 6.45) is 6.01. The maximum Gasteiger partial charge on any atom is 0.254 e. The zero-order valence-corrected chi connectivity index (χ0v) is 12.9. The third-order valence-electron chi connectivity index (χ3n) is 4.87. The van der Waals surface area contributed by atoms with Crippen LogP contribution in [0.25, 0.3) is 0 Å². The second-order valence-corrected chi connectivity index (χ2v) is 6.02. The summed E-state index contributed by atoms with van der Waals surface area (Å²) in [6.45, 7) is 4.18. The zero-order chi connectivity index (χ0) is 14.7. The lowest BCUT2D eigenvalue weighted by Crippen LogP contribution is -2.39. The molecule has 1 aromatic rings. The molecular weight excluding hydrogens is 248 g/mol. The highest BCUT2D eigenvalue weighted by Crippen LogP contribution is 2.30. The average Bonchev–Trinajstić information content (AvgIpc) is 2.48. The molecule has 3 heteroatoms. The van der Waals surface area contributed by atoms with Crippen LogP contribution in [0.15, 0.2) is 18.2 Å². The number of nitrogen functional groups attached to an aromatic ring is 1. The number of anilines is 1. The summed E-state index contributed by atoms with van der Waals surface area (Å²) >= 11 is 0. The molecule has 0 radical (unpaired) electrons. The standard InChI is InChI=1S/C17H26N2O/c1-4-13-8-10-14(11-9-13)19(3)17(20)15-6-5-7-16(18)12(15)2/h5-7,13-14H,4,8-11,18H2,1-3H3. The van der Waals surface area contributed by atoms with Crippen molar-refractivity contribution in [3.8, 4) is 0 Å². The Balaban J connectivity index is 2.07. The van der Waals surface area contributed by atoms with Gasteiger partial charge in [0.2, 0.25) is 0 Å². The number of nitrogens with two attached hydrogens (primary N) is 1. The fourth-order valence-electron chi connectivity index (χ4n) is 3.18.